The van der Waals surface area contributed by atoms with Crippen LogP contribution in [0.2, 0.25) is 0 Å². The third-order valence-corrected chi connectivity index (χ3v) is 2.39. The highest BCUT2D eigenvalue weighted by Crippen LogP contribution is 2.13. The molecule has 0 spiro atoms. The highest BCUT2D eigenvalue weighted by atomic mass is 16.5. The topological polar surface area (TPSA) is 105 Å². The lowest BCUT2D eigenvalue weighted by molar-refractivity contribution is 0.0600. The van der Waals surface area contributed by atoms with E-state index in [1.54, 1.807) is 0 Å². The molecular weight excluding hydrogens is 246 g/mol. The van der Waals surface area contributed by atoms with Crippen LogP contribution in [0, 0.1) is 22.7 Å². The molecule has 7 heteroatoms. The van der Waals surface area contributed by atoms with Crippen molar-refractivity contribution in [2.75, 3.05) is 7.11 Å². The van der Waals surface area contributed by atoms with Gasteiger partial charge in [0.15, 0.2) is 11.4 Å². The number of hydrogen-bond acceptors (Lipinski definition) is 6. The second kappa shape index (κ2) is 4.98. The Labute approximate surface area is 108 Å². The summed E-state index contributed by atoms with van der Waals surface area (Å²) in [6, 6.07) is 6.63. The molecule has 0 saturated heterocycles. The Bertz CT molecular complexity index is 720. The van der Waals surface area contributed by atoms with Crippen molar-refractivity contribution >= 4 is 5.97 Å². The van der Waals surface area contributed by atoms with Crippen LogP contribution in [0.4, 0.5) is 0 Å². The van der Waals surface area contributed by atoms with E-state index in [4.69, 9.17) is 10.5 Å². The van der Waals surface area contributed by atoms with E-state index in [1.165, 1.54) is 36.3 Å². The van der Waals surface area contributed by atoms with Crippen LogP contribution in [-0.2, 0) is 4.74 Å². The fraction of sp³-hybridized carbons (Fsp3) is 0.0833. The quantitative estimate of drug-likeness (QED) is 0.733. The molecule has 0 saturated carbocycles. The van der Waals surface area contributed by atoms with Gasteiger partial charge in [0.2, 0.25) is 0 Å². The third kappa shape index (κ3) is 2.13. The number of esters is 1. The first-order chi connectivity index (χ1) is 9.21. The molecule has 2 aromatic rings. The summed E-state index contributed by atoms with van der Waals surface area (Å²) >= 11 is 0. The summed E-state index contributed by atoms with van der Waals surface area (Å²) in [6.07, 6.45) is 2.72. The van der Waals surface area contributed by atoms with Crippen LogP contribution in [0.15, 0.2) is 24.7 Å². The summed E-state index contributed by atoms with van der Waals surface area (Å²) in [7, 11) is 1.27. The van der Waals surface area contributed by atoms with Gasteiger partial charge in [0, 0.05) is 6.20 Å². The molecule has 2 heterocycles. The second-order valence-electron chi connectivity index (χ2n) is 3.43. The van der Waals surface area contributed by atoms with E-state index in [0.29, 0.717) is 11.4 Å². The van der Waals surface area contributed by atoms with Gasteiger partial charge >= 0.3 is 5.97 Å². The average molecular weight is 253 g/mol. The molecule has 0 aliphatic rings. The van der Waals surface area contributed by atoms with Gasteiger partial charge in [-0.15, -0.1) is 0 Å². The minimum atomic E-state index is -0.511. The van der Waals surface area contributed by atoms with Gasteiger partial charge in [-0.1, -0.05) is 0 Å². The number of methoxy groups -OCH3 is 1. The van der Waals surface area contributed by atoms with Crippen LogP contribution in [-0.4, -0.2) is 27.6 Å². The molecule has 0 radical (unpaired) electrons. The lowest BCUT2D eigenvalue weighted by atomic mass is 10.2. The van der Waals surface area contributed by atoms with Gasteiger partial charge < -0.3 is 4.74 Å². The zero-order valence-electron chi connectivity index (χ0n) is 9.86. The highest BCUT2D eigenvalue weighted by molar-refractivity contribution is 5.89. The molecule has 0 N–H and O–H groups in total. The Kier molecular flexibility index (Phi) is 3.22. The maximum absolute atomic E-state index is 11.4. The Hall–Kier alpha value is -3.19. The average Bonchev–Trinajstić information content (AvgIpc) is 2.89. The van der Waals surface area contributed by atoms with E-state index in [0.717, 1.165) is 0 Å². The lowest BCUT2D eigenvalue weighted by Gasteiger charge is -2.04. The van der Waals surface area contributed by atoms with Crippen LogP contribution in [0.1, 0.15) is 21.7 Å². The molecule has 2 aromatic heterocycles. The summed E-state index contributed by atoms with van der Waals surface area (Å²) in [6.45, 7) is 0. The summed E-state index contributed by atoms with van der Waals surface area (Å²) < 4.78 is 5.94. The van der Waals surface area contributed by atoms with E-state index in [9.17, 15) is 4.79 Å². The maximum Gasteiger partial charge on any atom is 0.338 e. The predicted octanol–water partition coefficient (Wildman–Crippen LogP) is 0.797. The molecule has 0 aromatic carbocycles. The highest BCUT2D eigenvalue weighted by Gasteiger charge is 2.14. The molecule has 19 heavy (non-hydrogen) atoms. The van der Waals surface area contributed by atoms with Crippen molar-refractivity contribution in [2.24, 2.45) is 0 Å². The van der Waals surface area contributed by atoms with Gasteiger partial charge in [-0.2, -0.15) is 10.5 Å². The Morgan fingerprint density at radius 3 is 2.79 bits per heavy atom. The smallest absolute Gasteiger partial charge is 0.338 e. The van der Waals surface area contributed by atoms with Gasteiger partial charge in [0.05, 0.1) is 12.7 Å². The SMILES string of the molecule is COC(=O)c1ccnc(-n2cnc(C#N)c2C#N)c1. The fourth-order valence-electron chi connectivity index (χ4n) is 1.51. The number of hydrogen-bond donors (Lipinski definition) is 0. The number of aromatic nitrogens is 3. The lowest BCUT2D eigenvalue weighted by Crippen LogP contribution is -2.05. The number of imidazole rings is 1. The Balaban J connectivity index is 2.55. The number of ether oxygens (including phenoxy) is 1. The molecule has 2 rings (SSSR count). The van der Waals surface area contributed by atoms with Gasteiger partial charge in [-0.3, -0.25) is 4.57 Å². The third-order valence-electron chi connectivity index (χ3n) is 2.39. The monoisotopic (exact) mass is 253 g/mol. The molecule has 0 amide bonds. The maximum atomic E-state index is 11.4. The van der Waals surface area contributed by atoms with E-state index in [1.807, 2.05) is 12.1 Å². The largest absolute Gasteiger partial charge is 0.465 e. The van der Waals surface area contributed by atoms with Crippen molar-refractivity contribution in [1.29, 1.82) is 10.5 Å². The number of nitriles is 2. The minimum absolute atomic E-state index is 0.00720. The molecule has 0 bridgehead atoms. The molecular formula is C12H7N5O2. The van der Waals surface area contributed by atoms with Crippen LogP contribution >= 0.6 is 0 Å². The first-order valence-corrected chi connectivity index (χ1v) is 5.13. The van der Waals surface area contributed by atoms with Crippen LogP contribution in [0.25, 0.3) is 5.82 Å². The number of nitrogens with zero attached hydrogens (tertiary/aromatic N) is 5. The summed E-state index contributed by atoms with van der Waals surface area (Å²) in [5.41, 5.74) is 0.369. The minimum Gasteiger partial charge on any atom is -0.465 e. The molecule has 0 atom stereocenters. The van der Waals surface area contributed by atoms with Gasteiger partial charge in [0.1, 0.15) is 24.3 Å². The zero-order valence-corrected chi connectivity index (χ0v) is 9.86. The molecule has 0 unspecified atom stereocenters. The first kappa shape index (κ1) is 12.3. The van der Waals surface area contributed by atoms with Gasteiger partial charge in [-0.25, -0.2) is 14.8 Å². The van der Waals surface area contributed by atoms with E-state index < -0.39 is 5.97 Å². The van der Waals surface area contributed by atoms with Crippen molar-refractivity contribution in [3.05, 3.63) is 41.6 Å². The molecule has 7 nitrogen and oxygen atoms in total. The second-order valence-corrected chi connectivity index (χ2v) is 3.43. The van der Waals surface area contributed by atoms with Crippen molar-refractivity contribution in [3.63, 3.8) is 0 Å². The first-order valence-electron chi connectivity index (χ1n) is 5.13. The predicted molar refractivity (Wildman–Crippen MR) is 62.1 cm³/mol. The number of pyridine rings is 1. The summed E-state index contributed by atoms with van der Waals surface area (Å²) in [5, 5.41) is 17.8. The van der Waals surface area contributed by atoms with E-state index >= 15 is 0 Å². The molecule has 0 aliphatic carbocycles. The normalized spacial score (nSPS) is 9.42. The number of carbonyl (C=O) groups is 1. The van der Waals surface area contributed by atoms with Crippen molar-refractivity contribution < 1.29 is 9.53 Å². The standard InChI is InChI=1S/C12H7N5O2/c1-19-12(18)8-2-3-15-11(4-8)17-7-16-9(5-13)10(17)6-14/h2-4,7H,1H3. The van der Waals surface area contributed by atoms with Crippen molar-refractivity contribution in [3.8, 4) is 18.0 Å². The summed E-state index contributed by atoms with van der Waals surface area (Å²) in [4.78, 5) is 19.3. The van der Waals surface area contributed by atoms with Crippen LogP contribution < -0.4 is 0 Å². The van der Waals surface area contributed by atoms with E-state index in [2.05, 4.69) is 14.7 Å². The van der Waals surface area contributed by atoms with Crippen LogP contribution in [0.5, 0.6) is 0 Å². The fourth-order valence-corrected chi connectivity index (χ4v) is 1.51. The van der Waals surface area contributed by atoms with Crippen LogP contribution in [0.3, 0.4) is 0 Å². The van der Waals surface area contributed by atoms with Gasteiger partial charge in [-0.05, 0) is 12.1 Å². The number of carbonyl (C=O) groups excluding carboxylic acids is 1. The summed E-state index contributed by atoms with van der Waals surface area (Å²) in [5.74, 6) is -0.198. The van der Waals surface area contributed by atoms with Crippen molar-refractivity contribution in [2.45, 2.75) is 0 Å². The Morgan fingerprint density at radius 1 is 1.37 bits per heavy atom. The zero-order chi connectivity index (χ0) is 13.8. The van der Waals surface area contributed by atoms with E-state index in [-0.39, 0.29) is 11.4 Å². The van der Waals surface area contributed by atoms with Gasteiger partial charge in [0.25, 0.3) is 0 Å². The molecule has 0 fully saturated rings. The Morgan fingerprint density at radius 2 is 2.16 bits per heavy atom. The van der Waals surface area contributed by atoms with Crippen molar-refractivity contribution in [1.82, 2.24) is 14.5 Å². The molecule has 0 aliphatic heterocycles. The number of rotatable bonds is 2. The molecule has 92 valence electrons.